The second kappa shape index (κ2) is 5.29. The van der Waals surface area contributed by atoms with E-state index in [1.54, 1.807) is 19.2 Å². The minimum Gasteiger partial charge on any atom is -0.399 e. The lowest BCUT2D eigenvalue weighted by Gasteiger charge is -2.15. The van der Waals surface area contributed by atoms with E-state index in [1.165, 1.54) is 12.8 Å². The Morgan fingerprint density at radius 2 is 2.22 bits per heavy atom. The number of hydrogen-bond acceptors (Lipinski definition) is 3. The predicted molar refractivity (Wildman–Crippen MR) is 74.6 cm³/mol. The molecule has 18 heavy (non-hydrogen) atoms. The van der Waals surface area contributed by atoms with Crippen LogP contribution in [-0.2, 0) is 0 Å². The zero-order chi connectivity index (χ0) is 13.1. The molecule has 0 radical (unpaired) electrons. The van der Waals surface area contributed by atoms with Gasteiger partial charge in [-0.1, -0.05) is 6.92 Å². The first-order chi connectivity index (χ1) is 8.61. The number of carbonyl (C=O) groups is 1. The number of nitrogen functional groups attached to an aromatic ring is 1. The molecule has 1 aromatic rings. The summed E-state index contributed by atoms with van der Waals surface area (Å²) < 4.78 is 0. The van der Waals surface area contributed by atoms with Gasteiger partial charge in [-0.2, -0.15) is 0 Å². The van der Waals surface area contributed by atoms with Crippen LogP contribution in [0, 0.1) is 11.8 Å². The van der Waals surface area contributed by atoms with Crippen LogP contribution < -0.4 is 16.4 Å². The molecule has 1 fully saturated rings. The summed E-state index contributed by atoms with van der Waals surface area (Å²) in [5.41, 5.74) is 7.92. The molecule has 0 heterocycles. The molecule has 0 bridgehead atoms. The fourth-order valence-corrected chi connectivity index (χ4v) is 2.14. The Labute approximate surface area is 108 Å². The minimum absolute atomic E-state index is 0.0865. The molecule has 0 aliphatic heterocycles. The van der Waals surface area contributed by atoms with Crippen molar-refractivity contribution in [3.8, 4) is 0 Å². The molecule has 1 aromatic carbocycles. The second-order valence-electron chi connectivity index (χ2n) is 5.08. The van der Waals surface area contributed by atoms with Gasteiger partial charge in [0, 0.05) is 25.0 Å². The fraction of sp³-hybridized carbons (Fsp3) is 0.500. The molecule has 1 amide bonds. The summed E-state index contributed by atoms with van der Waals surface area (Å²) in [6.07, 6.45) is 2.67. The van der Waals surface area contributed by atoms with Gasteiger partial charge in [0.05, 0.1) is 5.56 Å². The van der Waals surface area contributed by atoms with Gasteiger partial charge in [0.1, 0.15) is 0 Å². The topological polar surface area (TPSA) is 67.2 Å². The van der Waals surface area contributed by atoms with E-state index in [9.17, 15) is 4.79 Å². The van der Waals surface area contributed by atoms with Crippen molar-refractivity contribution in [1.29, 1.82) is 0 Å². The Bertz CT molecular complexity index is 441. The standard InChI is InChI=1S/C14H21N3O/c1-9(10-3-4-10)8-17-13-7-11(15)5-6-12(13)14(18)16-2/h5-7,9-10,17H,3-4,8,15H2,1-2H3,(H,16,18). The van der Waals surface area contributed by atoms with E-state index in [2.05, 4.69) is 17.6 Å². The van der Waals surface area contributed by atoms with Crippen molar-refractivity contribution >= 4 is 17.3 Å². The van der Waals surface area contributed by atoms with Crippen molar-refractivity contribution < 1.29 is 4.79 Å². The molecule has 1 atom stereocenters. The number of benzene rings is 1. The summed E-state index contributed by atoms with van der Waals surface area (Å²) in [6, 6.07) is 5.34. The minimum atomic E-state index is -0.0865. The third kappa shape index (κ3) is 2.94. The highest BCUT2D eigenvalue weighted by molar-refractivity contribution is 6.00. The summed E-state index contributed by atoms with van der Waals surface area (Å²) in [5, 5.41) is 5.99. The Balaban J connectivity index is 2.08. The normalized spacial score (nSPS) is 16.1. The highest BCUT2D eigenvalue weighted by atomic mass is 16.1. The van der Waals surface area contributed by atoms with E-state index in [0.717, 1.165) is 18.2 Å². The van der Waals surface area contributed by atoms with Crippen molar-refractivity contribution in [2.45, 2.75) is 19.8 Å². The average Bonchev–Trinajstić information content (AvgIpc) is 3.19. The van der Waals surface area contributed by atoms with Gasteiger partial charge in [-0.15, -0.1) is 0 Å². The number of hydrogen-bond donors (Lipinski definition) is 3. The van der Waals surface area contributed by atoms with Crippen LogP contribution in [0.4, 0.5) is 11.4 Å². The van der Waals surface area contributed by atoms with Crippen LogP contribution in [0.15, 0.2) is 18.2 Å². The molecule has 4 heteroatoms. The Morgan fingerprint density at radius 1 is 1.50 bits per heavy atom. The third-order valence-corrected chi connectivity index (χ3v) is 3.56. The van der Waals surface area contributed by atoms with Gasteiger partial charge in [0.2, 0.25) is 0 Å². The first kappa shape index (κ1) is 12.7. The van der Waals surface area contributed by atoms with Gasteiger partial charge in [0.25, 0.3) is 5.91 Å². The maximum Gasteiger partial charge on any atom is 0.253 e. The molecule has 2 rings (SSSR count). The van der Waals surface area contributed by atoms with Crippen LogP contribution in [0.1, 0.15) is 30.1 Å². The monoisotopic (exact) mass is 247 g/mol. The first-order valence-electron chi connectivity index (χ1n) is 6.47. The van der Waals surface area contributed by atoms with Crippen molar-refractivity contribution in [2.75, 3.05) is 24.6 Å². The molecule has 4 N–H and O–H groups in total. The summed E-state index contributed by atoms with van der Waals surface area (Å²) in [4.78, 5) is 11.7. The van der Waals surface area contributed by atoms with Crippen LogP contribution in [-0.4, -0.2) is 19.5 Å². The molecular formula is C14H21N3O. The second-order valence-corrected chi connectivity index (χ2v) is 5.08. The zero-order valence-electron chi connectivity index (χ0n) is 11.0. The van der Waals surface area contributed by atoms with Gasteiger partial charge in [-0.3, -0.25) is 4.79 Å². The molecule has 98 valence electrons. The number of nitrogens with two attached hydrogens (primary N) is 1. The van der Waals surface area contributed by atoms with Crippen molar-refractivity contribution in [3.05, 3.63) is 23.8 Å². The summed E-state index contributed by atoms with van der Waals surface area (Å²) in [6.45, 7) is 3.13. The van der Waals surface area contributed by atoms with E-state index in [4.69, 9.17) is 5.73 Å². The average molecular weight is 247 g/mol. The predicted octanol–water partition coefficient (Wildman–Crippen LogP) is 2.09. The SMILES string of the molecule is CNC(=O)c1ccc(N)cc1NCC(C)C1CC1. The first-order valence-corrected chi connectivity index (χ1v) is 6.47. The smallest absolute Gasteiger partial charge is 0.253 e. The lowest BCUT2D eigenvalue weighted by Crippen LogP contribution is -2.21. The van der Waals surface area contributed by atoms with Gasteiger partial charge in [-0.25, -0.2) is 0 Å². The van der Waals surface area contributed by atoms with Gasteiger partial charge in [-0.05, 0) is 42.9 Å². The van der Waals surface area contributed by atoms with Crippen LogP contribution in [0.3, 0.4) is 0 Å². The molecule has 0 spiro atoms. The van der Waals surface area contributed by atoms with E-state index in [0.29, 0.717) is 17.2 Å². The number of rotatable bonds is 5. The molecule has 1 aliphatic carbocycles. The molecule has 1 saturated carbocycles. The van der Waals surface area contributed by atoms with Crippen LogP contribution >= 0.6 is 0 Å². The van der Waals surface area contributed by atoms with E-state index in [1.807, 2.05) is 6.07 Å². The number of nitrogens with one attached hydrogen (secondary N) is 2. The Hall–Kier alpha value is -1.71. The number of carbonyl (C=O) groups excluding carboxylic acids is 1. The summed E-state index contributed by atoms with van der Waals surface area (Å²) in [7, 11) is 1.63. The molecule has 1 unspecified atom stereocenters. The van der Waals surface area contributed by atoms with E-state index >= 15 is 0 Å². The number of amides is 1. The highest BCUT2D eigenvalue weighted by Gasteiger charge is 2.27. The molecular weight excluding hydrogens is 226 g/mol. The lowest BCUT2D eigenvalue weighted by molar-refractivity contribution is 0.0964. The zero-order valence-corrected chi connectivity index (χ0v) is 11.0. The van der Waals surface area contributed by atoms with Crippen LogP contribution in [0.2, 0.25) is 0 Å². The maximum absolute atomic E-state index is 11.7. The lowest BCUT2D eigenvalue weighted by atomic mass is 10.1. The molecule has 1 aliphatic rings. The van der Waals surface area contributed by atoms with Gasteiger partial charge >= 0.3 is 0 Å². The van der Waals surface area contributed by atoms with Crippen LogP contribution in [0.5, 0.6) is 0 Å². The highest BCUT2D eigenvalue weighted by Crippen LogP contribution is 2.36. The number of anilines is 2. The van der Waals surface area contributed by atoms with Crippen LogP contribution in [0.25, 0.3) is 0 Å². The summed E-state index contributed by atoms with van der Waals surface area (Å²) >= 11 is 0. The largest absolute Gasteiger partial charge is 0.399 e. The Kier molecular flexibility index (Phi) is 3.75. The van der Waals surface area contributed by atoms with Gasteiger partial charge in [0.15, 0.2) is 0 Å². The van der Waals surface area contributed by atoms with E-state index < -0.39 is 0 Å². The quantitative estimate of drug-likeness (QED) is 0.698. The summed E-state index contributed by atoms with van der Waals surface area (Å²) in [5.74, 6) is 1.41. The molecule has 0 saturated heterocycles. The fourth-order valence-electron chi connectivity index (χ4n) is 2.14. The third-order valence-electron chi connectivity index (χ3n) is 3.56. The maximum atomic E-state index is 11.7. The van der Waals surface area contributed by atoms with Crippen molar-refractivity contribution in [2.24, 2.45) is 11.8 Å². The van der Waals surface area contributed by atoms with Crippen molar-refractivity contribution in [1.82, 2.24) is 5.32 Å². The van der Waals surface area contributed by atoms with E-state index in [-0.39, 0.29) is 5.91 Å². The van der Waals surface area contributed by atoms with Gasteiger partial charge < -0.3 is 16.4 Å². The molecule has 4 nitrogen and oxygen atoms in total. The molecule has 0 aromatic heterocycles. The Morgan fingerprint density at radius 3 is 2.83 bits per heavy atom. The van der Waals surface area contributed by atoms with Crippen molar-refractivity contribution in [3.63, 3.8) is 0 Å².